The van der Waals surface area contributed by atoms with Crippen LogP contribution in [0.2, 0.25) is 0 Å². The number of hydrogen-bond donors (Lipinski definition) is 1. The number of Topliss-reactive ketones (excluding diaryl/α,β-unsaturated/α-hetero) is 1. The molecule has 0 aliphatic carbocycles. The number of carbonyl (C=O) groups is 2. The number of rotatable bonds is 7. The maximum atomic E-state index is 12.9. The second-order valence-electron chi connectivity index (χ2n) is 7.16. The van der Waals surface area contributed by atoms with Crippen LogP contribution in [0.3, 0.4) is 0 Å². The number of nitrogens with zero attached hydrogens (tertiary/aromatic N) is 2. The number of amides is 1. The van der Waals surface area contributed by atoms with Crippen LogP contribution in [0.15, 0.2) is 60.2 Å². The second kappa shape index (κ2) is 8.92. The summed E-state index contributed by atoms with van der Waals surface area (Å²) < 4.78 is 5.50. The summed E-state index contributed by atoms with van der Waals surface area (Å²) in [4.78, 5) is 29.2. The highest BCUT2D eigenvalue weighted by Gasteiger charge is 2.45. The molecule has 1 N–H and O–H groups in total. The Morgan fingerprint density at radius 3 is 2.31 bits per heavy atom. The molecule has 1 amide bonds. The van der Waals surface area contributed by atoms with Gasteiger partial charge in [-0.25, -0.2) is 0 Å². The molecule has 2 aromatic carbocycles. The quantitative estimate of drug-likeness (QED) is 0.444. The Balaban J connectivity index is 2.09. The SMILES string of the molecule is CCOc1ccc([C@H]2/C(=C(\O)c3ccccc3)C(=O)C(=O)N2CCN(C)C)cc1. The average molecular weight is 394 g/mol. The first-order valence-electron chi connectivity index (χ1n) is 9.65. The van der Waals surface area contributed by atoms with E-state index in [1.807, 2.05) is 56.3 Å². The van der Waals surface area contributed by atoms with Gasteiger partial charge in [0.2, 0.25) is 0 Å². The van der Waals surface area contributed by atoms with Crippen molar-refractivity contribution in [1.82, 2.24) is 9.80 Å². The molecule has 1 heterocycles. The Morgan fingerprint density at radius 2 is 1.72 bits per heavy atom. The summed E-state index contributed by atoms with van der Waals surface area (Å²) in [5, 5.41) is 10.9. The highest BCUT2D eigenvalue weighted by molar-refractivity contribution is 6.46. The van der Waals surface area contributed by atoms with Crippen LogP contribution in [0.5, 0.6) is 5.75 Å². The van der Waals surface area contributed by atoms with Crippen molar-refractivity contribution in [3.8, 4) is 5.75 Å². The predicted molar refractivity (Wildman–Crippen MR) is 112 cm³/mol. The Labute approximate surface area is 171 Å². The maximum absolute atomic E-state index is 12.9. The summed E-state index contributed by atoms with van der Waals surface area (Å²) in [5.41, 5.74) is 1.38. The smallest absolute Gasteiger partial charge is 0.295 e. The largest absolute Gasteiger partial charge is 0.507 e. The first-order valence-corrected chi connectivity index (χ1v) is 9.65. The Hall–Kier alpha value is -3.12. The van der Waals surface area contributed by atoms with E-state index in [0.29, 0.717) is 31.0 Å². The van der Waals surface area contributed by atoms with Crippen molar-refractivity contribution in [2.45, 2.75) is 13.0 Å². The summed E-state index contributed by atoms with van der Waals surface area (Å²) in [5.74, 6) is -0.702. The van der Waals surface area contributed by atoms with Crippen LogP contribution in [-0.2, 0) is 9.59 Å². The lowest BCUT2D eigenvalue weighted by Crippen LogP contribution is -2.35. The van der Waals surface area contributed by atoms with E-state index in [1.165, 1.54) is 4.90 Å². The molecule has 0 aromatic heterocycles. The fourth-order valence-corrected chi connectivity index (χ4v) is 3.43. The number of ether oxygens (including phenoxy) is 1. The van der Waals surface area contributed by atoms with Crippen molar-refractivity contribution in [2.75, 3.05) is 33.8 Å². The number of likely N-dealkylation sites (tertiary alicyclic amines) is 1. The van der Waals surface area contributed by atoms with Gasteiger partial charge in [-0.15, -0.1) is 0 Å². The van der Waals surface area contributed by atoms with Crippen LogP contribution in [-0.4, -0.2) is 60.4 Å². The van der Waals surface area contributed by atoms with Gasteiger partial charge in [-0.1, -0.05) is 42.5 Å². The van der Waals surface area contributed by atoms with E-state index < -0.39 is 17.7 Å². The number of ketones is 1. The molecule has 0 saturated carbocycles. The van der Waals surface area contributed by atoms with E-state index >= 15 is 0 Å². The monoisotopic (exact) mass is 394 g/mol. The van der Waals surface area contributed by atoms with E-state index in [9.17, 15) is 14.7 Å². The van der Waals surface area contributed by atoms with Crippen molar-refractivity contribution in [3.05, 3.63) is 71.3 Å². The van der Waals surface area contributed by atoms with Crippen molar-refractivity contribution in [3.63, 3.8) is 0 Å². The standard InChI is InChI=1S/C23H26N2O4/c1-4-29-18-12-10-16(11-13-18)20-19(21(26)17-8-6-5-7-9-17)22(27)23(28)25(20)15-14-24(2)3/h5-13,20,26H,4,14-15H2,1-3H3/b21-19+/t20-/m0/s1. The summed E-state index contributed by atoms with van der Waals surface area (Å²) in [7, 11) is 3.82. The summed E-state index contributed by atoms with van der Waals surface area (Å²) >= 11 is 0. The highest BCUT2D eigenvalue weighted by Crippen LogP contribution is 2.39. The molecule has 6 nitrogen and oxygen atoms in total. The van der Waals surface area contributed by atoms with E-state index in [0.717, 1.165) is 5.56 Å². The minimum atomic E-state index is -0.663. The topological polar surface area (TPSA) is 70.1 Å². The molecule has 0 radical (unpaired) electrons. The second-order valence-corrected chi connectivity index (χ2v) is 7.16. The third-order valence-electron chi connectivity index (χ3n) is 4.88. The van der Waals surface area contributed by atoms with Crippen molar-refractivity contribution >= 4 is 17.4 Å². The molecule has 0 bridgehead atoms. The summed E-state index contributed by atoms with van der Waals surface area (Å²) in [6, 6.07) is 15.5. The van der Waals surface area contributed by atoms with E-state index in [4.69, 9.17) is 4.74 Å². The molecule has 0 unspecified atom stereocenters. The Kier molecular flexibility index (Phi) is 6.34. The molecule has 1 aliphatic heterocycles. The lowest BCUT2D eigenvalue weighted by Gasteiger charge is -2.26. The van der Waals surface area contributed by atoms with Gasteiger partial charge in [-0.2, -0.15) is 0 Å². The summed E-state index contributed by atoms with van der Waals surface area (Å²) in [6.07, 6.45) is 0. The minimum absolute atomic E-state index is 0.115. The fraction of sp³-hybridized carbons (Fsp3) is 0.304. The van der Waals surface area contributed by atoms with Crippen LogP contribution in [0.1, 0.15) is 24.1 Å². The molecule has 1 fully saturated rings. The molecule has 152 valence electrons. The van der Waals surface area contributed by atoms with Gasteiger partial charge in [0.15, 0.2) is 0 Å². The number of carbonyl (C=O) groups excluding carboxylic acids is 2. The van der Waals surface area contributed by atoms with Crippen LogP contribution in [0.25, 0.3) is 5.76 Å². The molecular formula is C23H26N2O4. The van der Waals surface area contributed by atoms with Gasteiger partial charge in [-0.3, -0.25) is 9.59 Å². The van der Waals surface area contributed by atoms with Gasteiger partial charge in [-0.05, 0) is 38.7 Å². The molecule has 1 atom stereocenters. The Morgan fingerprint density at radius 1 is 1.07 bits per heavy atom. The van der Waals surface area contributed by atoms with Crippen molar-refractivity contribution in [1.29, 1.82) is 0 Å². The zero-order valence-corrected chi connectivity index (χ0v) is 17.0. The van der Waals surface area contributed by atoms with Crippen molar-refractivity contribution < 1.29 is 19.4 Å². The zero-order valence-electron chi connectivity index (χ0n) is 17.0. The molecular weight excluding hydrogens is 368 g/mol. The van der Waals surface area contributed by atoms with Gasteiger partial charge < -0.3 is 19.6 Å². The maximum Gasteiger partial charge on any atom is 0.295 e. The van der Waals surface area contributed by atoms with Gasteiger partial charge >= 0.3 is 0 Å². The number of aliphatic hydroxyl groups is 1. The van der Waals surface area contributed by atoms with Gasteiger partial charge in [0.1, 0.15) is 11.5 Å². The molecule has 1 aliphatic rings. The first kappa shape index (κ1) is 20.6. The molecule has 1 saturated heterocycles. The molecule has 29 heavy (non-hydrogen) atoms. The van der Waals surface area contributed by atoms with E-state index in [2.05, 4.69) is 0 Å². The number of likely N-dealkylation sites (N-methyl/N-ethyl adjacent to an activating group) is 1. The lowest BCUT2D eigenvalue weighted by atomic mass is 9.95. The molecule has 2 aromatic rings. The molecule has 3 rings (SSSR count). The van der Waals surface area contributed by atoms with Crippen LogP contribution in [0.4, 0.5) is 0 Å². The molecule has 6 heteroatoms. The first-order chi connectivity index (χ1) is 13.9. The van der Waals surface area contributed by atoms with Crippen LogP contribution < -0.4 is 4.74 Å². The predicted octanol–water partition coefficient (Wildman–Crippen LogP) is 3.07. The number of benzene rings is 2. The van der Waals surface area contributed by atoms with Crippen LogP contribution >= 0.6 is 0 Å². The van der Waals surface area contributed by atoms with Gasteiger partial charge in [0.25, 0.3) is 11.7 Å². The van der Waals surface area contributed by atoms with Gasteiger partial charge in [0.05, 0.1) is 18.2 Å². The van der Waals surface area contributed by atoms with Crippen LogP contribution in [0, 0.1) is 0 Å². The van der Waals surface area contributed by atoms with E-state index in [-0.39, 0.29) is 11.3 Å². The van der Waals surface area contributed by atoms with Gasteiger partial charge in [0, 0.05) is 18.7 Å². The average Bonchev–Trinajstić information content (AvgIpc) is 2.98. The highest BCUT2D eigenvalue weighted by atomic mass is 16.5. The third kappa shape index (κ3) is 4.32. The summed E-state index contributed by atoms with van der Waals surface area (Å²) in [6.45, 7) is 3.44. The zero-order chi connectivity index (χ0) is 21.0. The minimum Gasteiger partial charge on any atom is -0.507 e. The molecule has 0 spiro atoms. The number of aliphatic hydroxyl groups excluding tert-OH is 1. The fourth-order valence-electron chi connectivity index (χ4n) is 3.43. The van der Waals surface area contributed by atoms with E-state index in [1.54, 1.807) is 24.3 Å². The normalized spacial score (nSPS) is 18.5. The number of hydrogen-bond acceptors (Lipinski definition) is 5. The lowest BCUT2D eigenvalue weighted by molar-refractivity contribution is -0.140. The Bertz CT molecular complexity index is 904. The third-order valence-corrected chi connectivity index (χ3v) is 4.88. The van der Waals surface area contributed by atoms with Crippen molar-refractivity contribution in [2.24, 2.45) is 0 Å².